The van der Waals surface area contributed by atoms with Crippen molar-refractivity contribution in [1.82, 2.24) is 0 Å². The molecule has 2 rings (SSSR count). The number of rotatable bonds is 8. The Morgan fingerprint density at radius 2 is 2.00 bits per heavy atom. The fraction of sp³-hybridized carbons (Fsp3) is 0.278. The van der Waals surface area contributed by atoms with Gasteiger partial charge in [0.25, 0.3) is 0 Å². The summed E-state index contributed by atoms with van der Waals surface area (Å²) in [5.74, 6) is 1.54. The van der Waals surface area contributed by atoms with Crippen LogP contribution in [0.4, 0.5) is 10.1 Å². The highest BCUT2D eigenvalue weighted by Crippen LogP contribution is 2.26. The van der Waals surface area contributed by atoms with Crippen molar-refractivity contribution in [1.29, 1.82) is 0 Å². The maximum absolute atomic E-state index is 13.3. The van der Waals surface area contributed by atoms with Gasteiger partial charge in [0, 0.05) is 11.3 Å². The average molecular weight is 349 g/mol. The maximum Gasteiger partial charge on any atom is 0.234 e. The molecule has 2 aromatic rings. The number of thioether (sulfide) groups is 1. The molecule has 4 nitrogen and oxygen atoms in total. The van der Waals surface area contributed by atoms with Crippen molar-refractivity contribution in [3.63, 3.8) is 0 Å². The van der Waals surface area contributed by atoms with Crippen LogP contribution < -0.4 is 14.8 Å². The number of methoxy groups -OCH3 is 1. The molecule has 0 fully saturated rings. The van der Waals surface area contributed by atoms with E-state index in [9.17, 15) is 9.18 Å². The molecule has 0 radical (unpaired) electrons. The smallest absolute Gasteiger partial charge is 0.234 e. The van der Waals surface area contributed by atoms with Crippen LogP contribution in [0.15, 0.2) is 42.5 Å². The van der Waals surface area contributed by atoms with Gasteiger partial charge in [-0.15, -0.1) is 11.8 Å². The molecule has 1 amide bonds. The standard InChI is InChI=1S/C18H20FNO3S/c1-3-23-17-7-5-4-6-15(17)20-18(21)12-24-11-13-10-14(19)8-9-16(13)22-2/h4-10H,3,11-12H2,1-2H3,(H,20,21). The van der Waals surface area contributed by atoms with E-state index in [1.54, 1.807) is 19.2 Å². The van der Waals surface area contributed by atoms with Crippen LogP contribution in [0.2, 0.25) is 0 Å². The second-order valence-electron chi connectivity index (χ2n) is 4.93. The Kier molecular flexibility index (Phi) is 6.93. The molecule has 24 heavy (non-hydrogen) atoms. The van der Waals surface area contributed by atoms with Gasteiger partial charge in [0.05, 0.1) is 25.2 Å². The molecular weight excluding hydrogens is 329 g/mol. The summed E-state index contributed by atoms with van der Waals surface area (Å²) >= 11 is 1.39. The van der Waals surface area contributed by atoms with E-state index in [1.165, 1.54) is 23.9 Å². The summed E-state index contributed by atoms with van der Waals surface area (Å²) in [6.45, 7) is 2.42. The van der Waals surface area contributed by atoms with Gasteiger partial charge in [0.15, 0.2) is 0 Å². The van der Waals surface area contributed by atoms with Crippen molar-refractivity contribution < 1.29 is 18.7 Å². The largest absolute Gasteiger partial charge is 0.496 e. The zero-order valence-corrected chi connectivity index (χ0v) is 14.5. The zero-order valence-electron chi connectivity index (χ0n) is 13.7. The summed E-state index contributed by atoms with van der Waals surface area (Å²) in [6.07, 6.45) is 0. The predicted molar refractivity (Wildman–Crippen MR) is 95.4 cm³/mol. The Bertz CT molecular complexity index is 694. The second kappa shape index (κ2) is 9.17. The lowest BCUT2D eigenvalue weighted by atomic mass is 10.2. The molecule has 128 valence electrons. The van der Waals surface area contributed by atoms with Crippen LogP contribution >= 0.6 is 11.8 Å². The van der Waals surface area contributed by atoms with E-state index in [2.05, 4.69) is 5.32 Å². The van der Waals surface area contributed by atoms with Crippen molar-refractivity contribution in [2.24, 2.45) is 0 Å². The number of carbonyl (C=O) groups is 1. The van der Waals surface area contributed by atoms with Crippen molar-refractivity contribution in [2.45, 2.75) is 12.7 Å². The lowest BCUT2D eigenvalue weighted by Gasteiger charge is -2.11. The summed E-state index contributed by atoms with van der Waals surface area (Å²) in [5, 5.41) is 2.83. The number of halogens is 1. The van der Waals surface area contributed by atoms with Crippen molar-refractivity contribution in [2.75, 3.05) is 24.8 Å². The Balaban J connectivity index is 1.89. The van der Waals surface area contributed by atoms with E-state index in [4.69, 9.17) is 9.47 Å². The van der Waals surface area contributed by atoms with Crippen LogP contribution in [0.5, 0.6) is 11.5 Å². The fourth-order valence-electron chi connectivity index (χ4n) is 2.15. The molecule has 0 saturated heterocycles. The molecule has 0 saturated carbocycles. The Hall–Kier alpha value is -2.21. The van der Waals surface area contributed by atoms with E-state index in [0.717, 1.165) is 5.56 Å². The Morgan fingerprint density at radius 1 is 1.21 bits per heavy atom. The van der Waals surface area contributed by atoms with Crippen LogP contribution in [0.1, 0.15) is 12.5 Å². The second-order valence-corrected chi connectivity index (χ2v) is 5.91. The first-order valence-corrected chi connectivity index (χ1v) is 8.71. The van der Waals surface area contributed by atoms with Crippen molar-refractivity contribution in [3.05, 3.63) is 53.8 Å². The average Bonchev–Trinajstić information content (AvgIpc) is 2.57. The SMILES string of the molecule is CCOc1ccccc1NC(=O)CSCc1cc(F)ccc1OC. The third kappa shape index (κ3) is 5.16. The quantitative estimate of drug-likeness (QED) is 0.779. The number of para-hydroxylation sites is 2. The molecule has 1 N–H and O–H groups in total. The third-order valence-electron chi connectivity index (χ3n) is 3.19. The van der Waals surface area contributed by atoms with E-state index < -0.39 is 0 Å². The molecule has 0 bridgehead atoms. The van der Waals surface area contributed by atoms with E-state index in [0.29, 0.717) is 29.5 Å². The number of benzene rings is 2. The lowest BCUT2D eigenvalue weighted by Crippen LogP contribution is -2.15. The summed E-state index contributed by atoms with van der Waals surface area (Å²) in [4.78, 5) is 12.1. The van der Waals surface area contributed by atoms with Gasteiger partial charge in [-0.1, -0.05) is 12.1 Å². The van der Waals surface area contributed by atoms with Crippen LogP contribution in [0.25, 0.3) is 0 Å². The monoisotopic (exact) mass is 349 g/mol. The van der Waals surface area contributed by atoms with Gasteiger partial charge in [0.1, 0.15) is 17.3 Å². The van der Waals surface area contributed by atoms with Gasteiger partial charge in [-0.25, -0.2) is 4.39 Å². The number of carbonyl (C=O) groups excluding carboxylic acids is 1. The van der Waals surface area contributed by atoms with Crippen LogP contribution in [-0.2, 0) is 10.5 Å². The van der Waals surface area contributed by atoms with Gasteiger partial charge in [0.2, 0.25) is 5.91 Å². The fourth-order valence-corrected chi connectivity index (χ4v) is 2.96. The first-order valence-electron chi connectivity index (χ1n) is 7.56. The molecule has 0 unspecified atom stereocenters. The zero-order chi connectivity index (χ0) is 17.4. The number of nitrogens with one attached hydrogen (secondary N) is 1. The minimum Gasteiger partial charge on any atom is -0.496 e. The number of anilines is 1. The molecule has 0 atom stereocenters. The van der Waals surface area contributed by atoms with Crippen LogP contribution in [0, 0.1) is 5.82 Å². The predicted octanol–water partition coefficient (Wildman–Crippen LogP) is 4.10. The topological polar surface area (TPSA) is 47.6 Å². The van der Waals surface area contributed by atoms with E-state index in [-0.39, 0.29) is 17.5 Å². The highest BCUT2D eigenvalue weighted by Gasteiger charge is 2.09. The molecular formula is C18H20FNO3S. The first kappa shape index (κ1) is 18.1. The molecule has 0 spiro atoms. The Labute approximate surface area is 145 Å². The summed E-state index contributed by atoms with van der Waals surface area (Å²) in [7, 11) is 1.54. The number of ether oxygens (including phenoxy) is 2. The molecule has 0 aliphatic rings. The number of amides is 1. The van der Waals surface area contributed by atoms with Crippen molar-refractivity contribution in [3.8, 4) is 11.5 Å². The van der Waals surface area contributed by atoms with Gasteiger partial charge in [-0.05, 0) is 37.3 Å². The van der Waals surface area contributed by atoms with Gasteiger partial charge < -0.3 is 14.8 Å². The minimum atomic E-state index is -0.318. The van der Waals surface area contributed by atoms with Crippen molar-refractivity contribution >= 4 is 23.4 Å². The van der Waals surface area contributed by atoms with Gasteiger partial charge in [-0.3, -0.25) is 4.79 Å². The number of hydrogen-bond donors (Lipinski definition) is 1. The minimum absolute atomic E-state index is 0.137. The Morgan fingerprint density at radius 3 is 2.75 bits per heavy atom. The molecule has 2 aromatic carbocycles. The van der Waals surface area contributed by atoms with E-state index in [1.807, 2.05) is 25.1 Å². The van der Waals surface area contributed by atoms with Gasteiger partial charge in [-0.2, -0.15) is 0 Å². The lowest BCUT2D eigenvalue weighted by molar-refractivity contribution is -0.113. The highest BCUT2D eigenvalue weighted by atomic mass is 32.2. The maximum atomic E-state index is 13.3. The molecule has 0 aromatic heterocycles. The molecule has 0 aliphatic heterocycles. The molecule has 0 heterocycles. The molecule has 0 aliphatic carbocycles. The van der Waals surface area contributed by atoms with Gasteiger partial charge >= 0.3 is 0 Å². The summed E-state index contributed by atoms with van der Waals surface area (Å²) in [5.41, 5.74) is 1.37. The highest BCUT2D eigenvalue weighted by molar-refractivity contribution is 7.99. The summed E-state index contributed by atoms with van der Waals surface area (Å²) < 4.78 is 24.0. The van der Waals surface area contributed by atoms with Crippen LogP contribution in [0.3, 0.4) is 0 Å². The molecule has 6 heteroatoms. The van der Waals surface area contributed by atoms with Crippen LogP contribution in [-0.4, -0.2) is 25.4 Å². The normalized spacial score (nSPS) is 10.3. The summed E-state index contributed by atoms with van der Waals surface area (Å²) in [6, 6.07) is 11.7. The number of hydrogen-bond acceptors (Lipinski definition) is 4. The van der Waals surface area contributed by atoms with E-state index >= 15 is 0 Å². The third-order valence-corrected chi connectivity index (χ3v) is 4.18. The first-order chi connectivity index (χ1) is 11.6.